The molecule has 0 spiro atoms. The molecular weight excluding hydrogens is 202 g/mol. The smallest absolute Gasteiger partial charge is 0.161 e. The molecule has 1 rings (SSSR count). The molecule has 0 aliphatic rings. The zero-order valence-electron chi connectivity index (χ0n) is 10.8. The highest BCUT2D eigenvalue weighted by Gasteiger charge is 2.18. The Morgan fingerprint density at radius 3 is 2.81 bits per heavy atom. The van der Waals surface area contributed by atoms with E-state index in [2.05, 4.69) is 17.3 Å². The zero-order chi connectivity index (χ0) is 12.0. The Kier molecular flexibility index (Phi) is 5.32. The number of methoxy groups -OCH3 is 1. The fourth-order valence-corrected chi connectivity index (χ4v) is 2.00. The van der Waals surface area contributed by atoms with E-state index in [4.69, 9.17) is 4.74 Å². The molecule has 16 heavy (non-hydrogen) atoms. The van der Waals surface area contributed by atoms with E-state index >= 15 is 0 Å². The monoisotopic (exact) mass is 225 g/mol. The molecule has 0 radical (unpaired) electrons. The summed E-state index contributed by atoms with van der Waals surface area (Å²) in [6, 6.07) is 0.328. The van der Waals surface area contributed by atoms with Gasteiger partial charge in [-0.25, -0.2) is 0 Å². The fourth-order valence-electron chi connectivity index (χ4n) is 2.00. The van der Waals surface area contributed by atoms with Gasteiger partial charge in [-0.2, -0.15) is 5.10 Å². The van der Waals surface area contributed by atoms with Crippen LogP contribution in [0.2, 0.25) is 0 Å². The molecule has 0 fully saturated rings. The lowest BCUT2D eigenvalue weighted by Gasteiger charge is -2.17. The lowest BCUT2D eigenvalue weighted by molar-refractivity contribution is 0.390. The topological polar surface area (TPSA) is 39.1 Å². The number of rotatable bonds is 7. The third kappa shape index (κ3) is 2.98. The molecule has 4 heteroatoms. The van der Waals surface area contributed by atoms with Crippen molar-refractivity contribution in [2.45, 2.75) is 38.6 Å². The van der Waals surface area contributed by atoms with Crippen LogP contribution in [0.5, 0.6) is 5.75 Å². The first kappa shape index (κ1) is 13.0. The van der Waals surface area contributed by atoms with Crippen LogP contribution in [-0.2, 0) is 7.05 Å². The van der Waals surface area contributed by atoms with E-state index in [0.717, 1.165) is 17.9 Å². The second kappa shape index (κ2) is 6.53. The summed E-state index contributed by atoms with van der Waals surface area (Å²) >= 11 is 0. The average Bonchev–Trinajstić information content (AvgIpc) is 2.66. The predicted octanol–water partition coefficient (Wildman–Crippen LogP) is 2.27. The highest BCUT2D eigenvalue weighted by Crippen LogP contribution is 2.27. The van der Waals surface area contributed by atoms with Crippen molar-refractivity contribution < 1.29 is 4.74 Å². The van der Waals surface area contributed by atoms with E-state index in [0.29, 0.717) is 6.04 Å². The lowest BCUT2D eigenvalue weighted by atomic mass is 10.1. The molecule has 1 aromatic rings. The second-order valence-electron chi connectivity index (χ2n) is 4.06. The highest BCUT2D eigenvalue weighted by atomic mass is 16.5. The van der Waals surface area contributed by atoms with E-state index in [-0.39, 0.29) is 0 Å². The van der Waals surface area contributed by atoms with Crippen LogP contribution in [0.1, 0.15) is 44.3 Å². The molecule has 92 valence electrons. The molecule has 0 saturated heterocycles. The van der Waals surface area contributed by atoms with E-state index in [1.54, 1.807) is 13.3 Å². The van der Waals surface area contributed by atoms with Gasteiger partial charge in [0, 0.05) is 7.05 Å². The molecule has 0 aliphatic carbocycles. The maximum absolute atomic E-state index is 5.33. The number of unbranched alkanes of at least 4 members (excludes halogenated alkanes) is 2. The van der Waals surface area contributed by atoms with Crippen molar-refractivity contribution in [3.63, 3.8) is 0 Å². The van der Waals surface area contributed by atoms with Gasteiger partial charge in [-0.05, 0) is 13.5 Å². The molecule has 0 saturated carbocycles. The molecule has 1 unspecified atom stereocenters. The molecular formula is C12H23N3O. The summed E-state index contributed by atoms with van der Waals surface area (Å²) in [6.45, 7) is 2.22. The normalized spacial score (nSPS) is 12.8. The molecule has 1 heterocycles. The van der Waals surface area contributed by atoms with E-state index < -0.39 is 0 Å². The molecule has 1 aromatic heterocycles. The molecule has 0 aromatic carbocycles. The third-order valence-corrected chi connectivity index (χ3v) is 2.94. The summed E-state index contributed by atoms with van der Waals surface area (Å²) in [4.78, 5) is 0. The van der Waals surface area contributed by atoms with Gasteiger partial charge in [0.25, 0.3) is 0 Å². The minimum atomic E-state index is 0.328. The zero-order valence-corrected chi connectivity index (χ0v) is 10.8. The third-order valence-electron chi connectivity index (χ3n) is 2.94. The van der Waals surface area contributed by atoms with Gasteiger partial charge in [0.1, 0.15) is 0 Å². The number of hydrogen-bond acceptors (Lipinski definition) is 3. The molecule has 0 aliphatic heterocycles. The van der Waals surface area contributed by atoms with Crippen molar-refractivity contribution in [3.8, 4) is 5.75 Å². The summed E-state index contributed by atoms with van der Waals surface area (Å²) in [5, 5.41) is 7.57. The first-order valence-electron chi connectivity index (χ1n) is 5.97. The number of aromatic nitrogens is 2. The minimum Gasteiger partial charge on any atom is -0.493 e. The van der Waals surface area contributed by atoms with Crippen molar-refractivity contribution >= 4 is 0 Å². The van der Waals surface area contributed by atoms with Crippen molar-refractivity contribution in [2.75, 3.05) is 14.2 Å². The maximum Gasteiger partial charge on any atom is 0.161 e. The Hall–Kier alpha value is -1.03. The summed E-state index contributed by atoms with van der Waals surface area (Å²) in [6.07, 6.45) is 6.66. The first-order chi connectivity index (χ1) is 7.74. The van der Waals surface area contributed by atoms with Crippen molar-refractivity contribution in [3.05, 3.63) is 11.9 Å². The van der Waals surface area contributed by atoms with Crippen LogP contribution in [0.25, 0.3) is 0 Å². The maximum atomic E-state index is 5.33. The molecule has 1 N–H and O–H groups in total. The van der Waals surface area contributed by atoms with Gasteiger partial charge in [-0.1, -0.05) is 26.2 Å². The van der Waals surface area contributed by atoms with Gasteiger partial charge < -0.3 is 10.1 Å². The molecule has 0 amide bonds. The summed E-state index contributed by atoms with van der Waals surface area (Å²) in [5.74, 6) is 0.873. The standard InChI is InChI=1S/C12H23N3O/c1-5-6-7-8-10(13-2)12-11(16-4)9-14-15(12)3/h9-10,13H,5-8H2,1-4H3. The van der Waals surface area contributed by atoms with Crippen LogP contribution in [0.3, 0.4) is 0 Å². The minimum absolute atomic E-state index is 0.328. The van der Waals surface area contributed by atoms with Crippen molar-refractivity contribution in [1.82, 2.24) is 15.1 Å². The fraction of sp³-hybridized carbons (Fsp3) is 0.750. The summed E-state index contributed by atoms with van der Waals surface area (Å²) < 4.78 is 7.23. The first-order valence-corrected chi connectivity index (χ1v) is 5.97. The molecule has 1 atom stereocenters. The number of nitrogens with zero attached hydrogens (tertiary/aromatic N) is 2. The Morgan fingerprint density at radius 1 is 1.50 bits per heavy atom. The van der Waals surface area contributed by atoms with Crippen LogP contribution in [0.4, 0.5) is 0 Å². The lowest BCUT2D eigenvalue weighted by Crippen LogP contribution is -2.20. The quantitative estimate of drug-likeness (QED) is 0.724. The van der Waals surface area contributed by atoms with Crippen LogP contribution in [0.15, 0.2) is 6.20 Å². The van der Waals surface area contributed by atoms with Gasteiger partial charge in [0.05, 0.1) is 25.0 Å². The Labute approximate surface area is 98.0 Å². The number of aryl methyl sites for hydroxylation is 1. The van der Waals surface area contributed by atoms with E-state index in [1.807, 2.05) is 18.8 Å². The van der Waals surface area contributed by atoms with Gasteiger partial charge in [0.2, 0.25) is 0 Å². The summed E-state index contributed by atoms with van der Waals surface area (Å²) in [5.41, 5.74) is 1.14. The van der Waals surface area contributed by atoms with Gasteiger partial charge in [-0.15, -0.1) is 0 Å². The number of ether oxygens (including phenoxy) is 1. The van der Waals surface area contributed by atoms with Crippen LogP contribution in [-0.4, -0.2) is 23.9 Å². The van der Waals surface area contributed by atoms with Crippen LogP contribution < -0.4 is 10.1 Å². The predicted molar refractivity (Wildman–Crippen MR) is 65.7 cm³/mol. The van der Waals surface area contributed by atoms with E-state index in [9.17, 15) is 0 Å². The average molecular weight is 225 g/mol. The van der Waals surface area contributed by atoms with Gasteiger partial charge in [-0.3, -0.25) is 4.68 Å². The Bertz CT molecular complexity index is 309. The van der Waals surface area contributed by atoms with Crippen molar-refractivity contribution in [1.29, 1.82) is 0 Å². The highest BCUT2D eigenvalue weighted by molar-refractivity contribution is 5.28. The SMILES string of the molecule is CCCCCC(NC)c1c(OC)cnn1C. The largest absolute Gasteiger partial charge is 0.493 e. The van der Waals surface area contributed by atoms with E-state index in [1.165, 1.54) is 19.3 Å². The Morgan fingerprint density at radius 2 is 2.25 bits per heavy atom. The molecule has 4 nitrogen and oxygen atoms in total. The van der Waals surface area contributed by atoms with Crippen LogP contribution >= 0.6 is 0 Å². The Balaban J connectivity index is 2.73. The van der Waals surface area contributed by atoms with Gasteiger partial charge >= 0.3 is 0 Å². The second-order valence-corrected chi connectivity index (χ2v) is 4.06. The molecule has 0 bridgehead atoms. The van der Waals surface area contributed by atoms with Crippen molar-refractivity contribution in [2.24, 2.45) is 7.05 Å². The van der Waals surface area contributed by atoms with Crippen LogP contribution in [0, 0.1) is 0 Å². The number of hydrogen-bond donors (Lipinski definition) is 1. The summed E-state index contributed by atoms with van der Waals surface area (Å²) in [7, 11) is 5.64. The number of nitrogens with one attached hydrogen (secondary N) is 1. The van der Waals surface area contributed by atoms with Gasteiger partial charge in [0.15, 0.2) is 5.75 Å².